The quantitative estimate of drug-likeness (QED) is 0.245. The van der Waals surface area contributed by atoms with Crippen molar-refractivity contribution < 1.29 is 12.4 Å². The molecule has 0 aromatic carbocycles. The van der Waals surface area contributed by atoms with Crippen LogP contribution in [0.4, 0.5) is 0 Å². The molecule has 0 unspecified atom stereocenters. The van der Waals surface area contributed by atoms with Crippen molar-refractivity contribution in [3.63, 3.8) is 0 Å². The molecule has 0 spiro atoms. The molecule has 1 heterocycles. The van der Waals surface area contributed by atoms with Crippen molar-refractivity contribution in [2.45, 2.75) is 0 Å². The van der Waals surface area contributed by atoms with Crippen LogP contribution >= 0.6 is 11.6 Å². The number of alkyl halides is 1. The van der Waals surface area contributed by atoms with Crippen LogP contribution in [0, 0.1) is 0 Å². The highest BCUT2D eigenvalue weighted by atomic mass is 35.5. The predicted octanol–water partition coefficient (Wildman–Crippen LogP) is -2.14. The number of halogens is 2. The molecule has 0 N–H and O–H groups in total. The molecule has 0 aromatic rings. The zero-order valence-corrected chi connectivity index (χ0v) is 6.32. The average Bonchev–Trinajstić information content (AvgIpc) is 2.21. The normalized spacial score (nSPS) is 18.4. The van der Waals surface area contributed by atoms with Crippen LogP contribution in [-0.4, -0.2) is 23.1 Å². The van der Waals surface area contributed by atoms with Crippen molar-refractivity contribution >= 4 is 22.5 Å². The number of rotatable bonds is 2. The standard InChI is InChI=1S/C4H8ClS.ClH/c5-1-2-6-3-4-6;/h1-4H2;1H/q+1;/p-1. The Labute approximate surface area is 58.4 Å². The molecule has 7 heavy (non-hydrogen) atoms. The van der Waals surface area contributed by atoms with Crippen molar-refractivity contribution in [2.24, 2.45) is 0 Å². The fraction of sp³-hybridized carbons (Fsp3) is 1.00. The highest BCUT2D eigenvalue weighted by Crippen LogP contribution is 2.11. The van der Waals surface area contributed by atoms with E-state index in [4.69, 9.17) is 11.6 Å². The Balaban J connectivity index is 0.000000360. The minimum atomic E-state index is 0. The van der Waals surface area contributed by atoms with Gasteiger partial charge in [-0.25, -0.2) is 0 Å². The van der Waals surface area contributed by atoms with Crippen LogP contribution in [0.3, 0.4) is 0 Å². The maximum atomic E-state index is 5.44. The topological polar surface area (TPSA) is 0 Å². The van der Waals surface area contributed by atoms with Gasteiger partial charge in [-0.15, -0.1) is 11.6 Å². The van der Waals surface area contributed by atoms with Gasteiger partial charge in [0, 0.05) is 0 Å². The maximum absolute atomic E-state index is 5.44. The van der Waals surface area contributed by atoms with E-state index >= 15 is 0 Å². The van der Waals surface area contributed by atoms with Crippen molar-refractivity contribution in [3.8, 4) is 0 Å². The fourth-order valence-corrected chi connectivity index (χ4v) is 2.12. The summed E-state index contributed by atoms with van der Waals surface area (Å²) in [6.07, 6.45) is 0. The third kappa shape index (κ3) is 3.51. The second kappa shape index (κ2) is 3.88. The Morgan fingerprint density at radius 3 is 2.14 bits per heavy atom. The lowest BCUT2D eigenvalue weighted by Crippen LogP contribution is -3.00. The zero-order chi connectivity index (χ0) is 4.41. The van der Waals surface area contributed by atoms with Crippen LogP contribution in [0.2, 0.25) is 0 Å². The molecule has 0 aromatic heterocycles. The lowest BCUT2D eigenvalue weighted by molar-refractivity contribution is -0.00000117. The molecule has 0 amide bonds. The number of hydrogen-bond acceptors (Lipinski definition) is 0. The van der Waals surface area contributed by atoms with Gasteiger partial charge < -0.3 is 12.4 Å². The van der Waals surface area contributed by atoms with Crippen molar-refractivity contribution in [1.29, 1.82) is 0 Å². The van der Waals surface area contributed by atoms with E-state index in [0.717, 1.165) is 16.8 Å². The molecule has 0 bridgehead atoms. The molecule has 3 heteroatoms. The lowest BCUT2D eigenvalue weighted by Gasteiger charge is -1.72. The van der Waals surface area contributed by atoms with E-state index in [1.807, 2.05) is 0 Å². The minimum absolute atomic E-state index is 0. The van der Waals surface area contributed by atoms with Crippen LogP contribution < -0.4 is 12.4 Å². The molecular formula is C4H8Cl2S. The largest absolute Gasteiger partial charge is 1.00 e. The van der Waals surface area contributed by atoms with E-state index in [9.17, 15) is 0 Å². The third-order valence-electron chi connectivity index (χ3n) is 0.859. The van der Waals surface area contributed by atoms with E-state index in [1.165, 1.54) is 17.3 Å². The van der Waals surface area contributed by atoms with E-state index < -0.39 is 0 Å². The summed E-state index contributed by atoms with van der Waals surface area (Å²) in [5, 5.41) is 0. The Hall–Kier alpha value is 0.930. The predicted molar refractivity (Wildman–Crippen MR) is 32.7 cm³/mol. The van der Waals surface area contributed by atoms with Crippen LogP contribution in [0.5, 0.6) is 0 Å². The summed E-state index contributed by atoms with van der Waals surface area (Å²) in [7, 11) is 0.802. The molecule has 44 valence electrons. The van der Waals surface area contributed by atoms with Gasteiger partial charge in [0.1, 0.15) is 5.75 Å². The van der Waals surface area contributed by atoms with Gasteiger partial charge in [-0.2, -0.15) is 0 Å². The summed E-state index contributed by atoms with van der Waals surface area (Å²) in [5.41, 5.74) is 0. The average molecular weight is 159 g/mol. The third-order valence-corrected chi connectivity index (χ3v) is 3.04. The van der Waals surface area contributed by atoms with Crippen molar-refractivity contribution in [1.82, 2.24) is 0 Å². The van der Waals surface area contributed by atoms with E-state index in [1.54, 1.807) is 0 Å². The van der Waals surface area contributed by atoms with Gasteiger partial charge in [0.25, 0.3) is 0 Å². The molecule has 0 radical (unpaired) electrons. The van der Waals surface area contributed by atoms with Gasteiger partial charge in [0.15, 0.2) is 11.5 Å². The zero-order valence-electron chi connectivity index (χ0n) is 3.99. The van der Waals surface area contributed by atoms with Gasteiger partial charge in [0.2, 0.25) is 0 Å². The summed E-state index contributed by atoms with van der Waals surface area (Å²) >= 11 is 5.44. The molecule has 0 atom stereocenters. The second-order valence-corrected chi connectivity index (χ2v) is 4.24. The summed E-state index contributed by atoms with van der Waals surface area (Å²) in [6.45, 7) is 0. The van der Waals surface area contributed by atoms with Gasteiger partial charge >= 0.3 is 0 Å². The van der Waals surface area contributed by atoms with Crippen molar-refractivity contribution in [3.05, 3.63) is 0 Å². The molecule has 1 fully saturated rings. The SMILES string of the molecule is ClCC[S+]1CC1.[Cl-]. The first-order valence-electron chi connectivity index (χ1n) is 2.13. The highest BCUT2D eigenvalue weighted by Gasteiger charge is 2.32. The highest BCUT2D eigenvalue weighted by molar-refractivity contribution is 8.03. The Kier molecular flexibility index (Phi) is 4.39. The maximum Gasteiger partial charge on any atom is 0.152 e. The molecule has 1 aliphatic heterocycles. The molecule has 1 rings (SSSR count). The van der Waals surface area contributed by atoms with Gasteiger partial charge in [-0.05, 0) is 10.9 Å². The van der Waals surface area contributed by atoms with E-state index in [0.29, 0.717) is 0 Å². The van der Waals surface area contributed by atoms with Crippen LogP contribution in [0.1, 0.15) is 0 Å². The van der Waals surface area contributed by atoms with Gasteiger partial charge in [-0.1, -0.05) is 0 Å². The molecule has 0 saturated carbocycles. The lowest BCUT2D eigenvalue weighted by atomic mass is 11.0. The second-order valence-electron chi connectivity index (χ2n) is 1.41. The molecule has 1 aliphatic rings. The smallest absolute Gasteiger partial charge is 0.152 e. The van der Waals surface area contributed by atoms with Crippen LogP contribution in [0.15, 0.2) is 0 Å². The monoisotopic (exact) mass is 158 g/mol. The molecule has 1 saturated heterocycles. The Bertz CT molecular complexity index is 45.0. The summed E-state index contributed by atoms with van der Waals surface area (Å²) in [5.74, 6) is 5.09. The summed E-state index contributed by atoms with van der Waals surface area (Å²) in [6, 6.07) is 0. The van der Waals surface area contributed by atoms with Gasteiger partial charge in [0.05, 0.1) is 5.88 Å². The first-order chi connectivity index (χ1) is 2.93. The van der Waals surface area contributed by atoms with Crippen LogP contribution in [0.25, 0.3) is 0 Å². The first kappa shape index (κ1) is 7.93. The van der Waals surface area contributed by atoms with Crippen molar-refractivity contribution in [2.75, 3.05) is 23.1 Å². The fourth-order valence-electron chi connectivity index (χ4n) is 0.372. The molecular weight excluding hydrogens is 151 g/mol. The summed E-state index contributed by atoms with van der Waals surface area (Å²) < 4.78 is 0. The van der Waals surface area contributed by atoms with E-state index in [2.05, 4.69) is 0 Å². The molecule has 0 aliphatic carbocycles. The summed E-state index contributed by atoms with van der Waals surface area (Å²) in [4.78, 5) is 0. The Morgan fingerprint density at radius 2 is 2.00 bits per heavy atom. The van der Waals surface area contributed by atoms with E-state index in [-0.39, 0.29) is 12.4 Å². The first-order valence-corrected chi connectivity index (χ1v) is 4.40. The minimum Gasteiger partial charge on any atom is -1.00 e. The van der Waals surface area contributed by atoms with Gasteiger partial charge in [-0.3, -0.25) is 0 Å². The van der Waals surface area contributed by atoms with Crippen LogP contribution in [-0.2, 0) is 10.9 Å². The molecule has 0 nitrogen and oxygen atoms in total. The Morgan fingerprint density at radius 1 is 1.43 bits per heavy atom. The number of hydrogen-bond donors (Lipinski definition) is 0.